The van der Waals surface area contributed by atoms with Gasteiger partial charge in [0, 0.05) is 4.47 Å². The minimum Gasteiger partial charge on any atom is -0.376 e. The highest BCUT2D eigenvalue weighted by molar-refractivity contribution is 9.10. The Morgan fingerprint density at radius 3 is 1.71 bits per heavy atom. The zero-order valence-corrected chi connectivity index (χ0v) is 16.5. The molecule has 0 amide bonds. The molecule has 0 heterocycles. The van der Waals surface area contributed by atoms with Crippen molar-refractivity contribution in [3.8, 4) is 11.5 Å². The predicted molar refractivity (Wildman–Crippen MR) is 97.9 cm³/mol. The molecular formula is C18H27BrOSi. The summed E-state index contributed by atoms with van der Waals surface area (Å²) in [5.41, 5.74) is 6.19. The van der Waals surface area contributed by atoms with Crippen molar-refractivity contribution >= 4 is 24.0 Å². The van der Waals surface area contributed by atoms with E-state index in [1.807, 2.05) is 24.3 Å². The van der Waals surface area contributed by atoms with E-state index in [4.69, 9.17) is 0 Å². The van der Waals surface area contributed by atoms with Crippen LogP contribution in [0.5, 0.6) is 0 Å². The smallest absolute Gasteiger partial charge is 0.146 e. The first-order chi connectivity index (χ1) is 9.71. The van der Waals surface area contributed by atoms with E-state index >= 15 is 0 Å². The highest BCUT2D eigenvalue weighted by Gasteiger charge is 2.41. The summed E-state index contributed by atoms with van der Waals surface area (Å²) in [5, 5.41) is 10.4. The van der Waals surface area contributed by atoms with Crippen LogP contribution in [0.15, 0.2) is 28.7 Å². The maximum absolute atomic E-state index is 10.4. The van der Waals surface area contributed by atoms with Crippen molar-refractivity contribution in [3.05, 3.63) is 34.3 Å². The highest BCUT2D eigenvalue weighted by Crippen LogP contribution is 2.40. The van der Waals surface area contributed by atoms with Gasteiger partial charge in [0.2, 0.25) is 0 Å². The van der Waals surface area contributed by atoms with Gasteiger partial charge in [0.25, 0.3) is 0 Å². The van der Waals surface area contributed by atoms with Crippen LogP contribution in [0.1, 0.15) is 53.2 Å². The van der Waals surface area contributed by atoms with Gasteiger partial charge in [0.05, 0.1) is 0 Å². The molecule has 21 heavy (non-hydrogen) atoms. The second-order valence-electron chi connectivity index (χ2n) is 6.62. The Kier molecular flexibility index (Phi) is 6.71. The molecule has 1 aromatic rings. The van der Waals surface area contributed by atoms with E-state index in [0.29, 0.717) is 16.6 Å². The normalized spacial score (nSPS) is 13.5. The Morgan fingerprint density at radius 2 is 1.33 bits per heavy atom. The van der Waals surface area contributed by atoms with Crippen molar-refractivity contribution in [1.82, 2.24) is 0 Å². The fourth-order valence-electron chi connectivity index (χ4n) is 3.35. The summed E-state index contributed by atoms with van der Waals surface area (Å²) in [7, 11) is -1.76. The number of aliphatic hydroxyl groups excluding tert-OH is 1. The summed E-state index contributed by atoms with van der Waals surface area (Å²) in [4.78, 5) is 0. The van der Waals surface area contributed by atoms with Crippen LogP contribution in [-0.4, -0.2) is 13.2 Å². The third kappa shape index (κ3) is 4.22. The minimum absolute atomic E-state index is 0.585. The van der Waals surface area contributed by atoms with Gasteiger partial charge in [-0.15, -0.1) is 5.54 Å². The van der Waals surface area contributed by atoms with Crippen molar-refractivity contribution in [3.63, 3.8) is 0 Å². The molecular weight excluding hydrogens is 340 g/mol. The molecule has 0 aliphatic heterocycles. The molecule has 0 radical (unpaired) electrons. The van der Waals surface area contributed by atoms with Crippen molar-refractivity contribution < 1.29 is 5.11 Å². The Morgan fingerprint density at radius 1 is 0.905 bits per heavy atom. The van der Waals surface area contributed by atoms with E-state index in [1.54, 1.807) is 0 Å². The molecule has 1 aromatic carbocycles. The summed E-state index contributed by atoms with van der Waals surface area (Å²) >= 11 is 3.41. The van der Waals surface area contributed by atoms with Crippen LogP contribution in [0.25, 0.3) is 0 Å². The van der Waals surface area contributed by atoms with Gasteiger partial charge in [0.1, 0.15) is 14.2 Å². The molecule has 0 aliphatic carbocycles. The number of hydrogen-bond donors (Lipinski definition) is 1. The van der Waals surface area contributed by atoms with Crippen LogP contribution < -0.4 is 0 Å². The summed E-state index contributed by atoms with van der Waals surface area (Å²) in [5.74, 6) is 3.16. The third-order valence-corrected chi connectivity index (χ3v) is 11.3. The molecule has 116 valence electrons. The van der Waals surface area contributed by atoms with Gasteiger partial charge in [-0.3, -0.25) is 0 Å². The van der Waals surface area contributed by atoms with Gasteiger partial charge in [-0.2, -0.15) is 0 Å². The van der Waals surface area contributed by atoms with E-state index in [9.17, 15) is 5.11 Å². The first-order valence-corrected chi connectivity index (χ1v) is 10.7. The maximum Gasteiger partial charge on any atom is 0.146 e. The Balaban J connectivity index is 3.13. The van der Waals surface area contributed by atoms with Gasteiger partial charge in [-0.1, -0.05) is 75.5 Å². The van der Waals surface area contributed by atoms with E-state index in [2.05, 4.69) is 68.9 Å². The van der Waals surface area contributed by atoms with Crippen LogP contribution in [0.2, 0.25) is 16.6 Å². The zero-order valence-electron chi connectivity index (χ0n) is 13.9. The van der Waals surface area contributed by atoms with E-state index < -0.39 is 14.2 Å². The molecule has 1 unspecified atom stereocenters. The summed E-state index contributed by atoms with van der Waals surface area (Å²) in [6, 6.07) is 7.73. The van der Waals surface area contributed by atoms with Crippen molar-refractivity contribution in [2.24, 2.45) is 0 Å². The number of halogens is 1. The van der Waals surface area contributed by atoms with Crippen LogP contribution >= 0.6 is 15.9 Å². The van der Waals surface area contributed by atoms with E-state index in [1.165, 1.54) is 0 Å². The van der Waals surface area contributed by atoms with Gasteiger partial charge in [0.15, 0.2) is 0 Å². The van der Waals surface area contributed by atoms with Crippen LogP contribution in [-0.2, 0) is 0 Å². The molecule has 3 heteroatoms. The summed E-state index contributed by atoms with van der Waals surface area (Å²) in [6.07, 6.45) is -0.693. The van der Waals surface area contributed by atoms with E-state index in [0.717, 1.165) is 10.0 Å². The molecule has 0 fully saturated rings. The fourth-order valence-corrected chi connectivity index (χ4v) is 8.87. The van der Waals surface area contributed by atoms with Gasteiger partial charge in [-0.05, 0) is 34.3 Å². The molecule has 1 atom stereocenters. The van der Waals surface area contributed by atoms with Crippen LogP contribution in [0, 0.1) is 11.5 Å². The monoisotopic (exact) mass is 366 g/mol. The lowest BCUT2D eigenvalue weighted by Gasteiger charge is -2.38. The van der Waals surface area contributed by atoms with Gasteiger partial charge >= 0.3 is 0 Å². The lowest BCUT2D eigenvalue weighted by atomic mass is 10.1. The molecule has 0 bridgehead atoms. The summed E-state index contributed by atoms with van der Waals surface area (Å²) < 4.78 is 1.02. The second kappa shape index (κ2) is 7.62. The topological polar surface area (TPSA) is 20.2 Å². The summed E-state index contributed by atoms with van der Waals surface area (Å²) in [6.45, 7) is 13.7. The van der Waals surface area contributed by atoms with E-state index in [-0.39, 0.29) is 0 Å². The molecule has 0 aliphatic rings. The molecule has 1 N–H and O–H groups in total. The SMILES string of the molecule is CC(C)[Si](C#CC(O)c1ccc(Br)cc1)(C(C)C)C(C)C. The molecule has 0 saturated heterocycles. The first kappa shape index (κ1) is 18.5. The fraction of sp³-hybridized carbons (Fsp3) is 0.556. The van der Waals surface area contributed by atoms with Crippen LogP contribution in [0.3, 0.4) is 0 Å². The lowest BCUT2D eigenvalue weighted by molar-refractivity contribution is 0.238. The van der Waals surface area contributed by atoms with Crippen molar-refractivity contribution in [1.29, 1.82) is 0 Å². The van der Waals surface area contributed by atoms with Gasteiger partial charge in [-0.25, -0.2) is 0 Å². The third-order valence-electron chi connectivity index (χ3n) is 4.48. The first-order valence-electron chi connectivity index (χ1n) is 7.68. The Hall–Kier alpha value is -0.563. The lowest BCUT2D eigenvalue weighted by Crippen LogP contribution is -2.43. The largest absolute Gasteiger partial charge is 0.376 e. The average Bonchev–Trinajstić information content (AvgIpc) is 2.38. The molecule has 1 rings (SSSR count). The maximum atomic E-state index is 10.4. The average molecular weight is 367 g/mol. The quantitative estimate of drug-likeness (QED) is 0.534. The Labute approximate surface area is 139 Å². The molecule has 1 nitrogen and oxygen atoms in total. The zero-order chi connectivity index (χ0) is 16.2. The Bertz CT molecular complexity index is 486. The molecule has 0 aromatic heterocycles. The predicted octanol–water partition coefficient (Wildman–Crippen LogP) is 5.70. The number of hydrogen-bond acceptors (Lipinski definition) is 1. The molecule has 0 saturated carbocycles. The minimum atomic E-state index is -1.76. The number of rotatable bonds is 4. The number of benzene rings is 1. The van der Waals surface area contributed by atoms with Crippen molar-refractivity contribution in [2.45, 2.75) is 64.3 Å². The number of aliphatic hydroxyl groups is 1. The van der Waals surface area contributed by atoms with Gasteiger partial charge < -0.3 is 5.11 Å². The molecule has 0 spiro atoms. The standard InChI is InChI=1S/C18H27BrOSi/c1-13(2)21(14(3)4,15(5)6)12-11-18(20)16-7-9-17(19)10-8-16/h7-10,13-15,18,20H,1-6H3. The highest BCUT2D eigenvalue weighted by atomic mass is 79.9. The van der Waals surface area contributed by atoms with Crippen LogP contribution in [0.4, 0.5) is 0 Å². The van der Waals surface area contributed by atoms with Crippen molar-refractivity contribution in [2.75, 3.05) is 0 Å². The second-order valence-corrected chi connectivity index (χ2v) is 13.1.